The van der Waals surface area contributed by atoms with Crippen molar-refractivity contribution >= 4 is 0 Å². The lowest BCUT2D eigenvalue weighted by atomic mass is 10.1. The number of halogens is 2. The van der Waals surface area contributed by atoms with Crippen molar-refractivity contribution in [2.75, 3.05) is 19.7 Å². The Morgan fingerprint density at radius 1 is 1.38 bits per heavy atom. The molecule has 4 heteroatoms. The highest BCUT2D eigenvalue weighted by molar-refractivity contribution is 5.17. The van der Waals surface area contributed by atoms with Crippen molar-refractivity contribution in [2.45, 2.75) is 13.0 Å². The lowest BCUT2D eigenvalue weighted by molar-refractivity contribution is 0.0904. The van der Waals surface area contributed by atoms with Crippen molar-refractivity contribution in [2.24, 2.45) is 5.92 Å². The largest absolute Gasteiger partial charge is 0.376 e. The van der Waals surface area contributed by atoms with Gasteiger partial charge in [0.05, 0.1) is 13.2 Å². The fourth-order valence-electron chi connectivity index (χ4n) is 1.83. The molecule has 1 fully saturated rings. The highest BCUT2D eigenvalue weighted by Gasteiger charge is 2.14. The molecular formula is C12H15F2NO. The molecule has 1 atom stereocenters. The SMILES string of the molecule is Fc1ccc(COC[C@@H]2CCNC2)c(F)c1. The minimum Gasteiger partial charge on any atom is -0.376 e. The Hall–Kier alpha value is -1.00. The van der Waals surface area contributed by atoms with Gasteiger partial charge in [-0.25, -0.2) is 8.78 Å². The number of nitrogens with one attached hydrogen (secondary N) is 1. The van der Waals surface area contributed by atoms with E-state index in [0.29, 0.717) is 18.1 Å². The van der Waals surface area contributed by atoms with Crippen molar-refractivity contribution < 1.29 is 13.5 Å². The van der Waals surface area contributed by atoms with Gasteiger partial charge in [-0.3, -0.25) is 0 Å². The second-order valence-corrected chi connectivity index (χ2v) is 4.11. The van der Waals surface area contributed by atoms with Gasteiger partial charge in [-0.1, -0.05) is 6.07 Å². The molecule has 1 aliphatic heterocycles. The molecular weight excluding hydrogens is 212 g/mol. The third-order valence-electron chi connectivity index (χ3n) is 2.79. The molecule has 0 unspecified atom stereocenters. The molecule has 1 saturated heterocycles. The van der Waals surface area contributed by atoms with Crippen molar-refractivity contribution in [3.05, 3.63) is 35.4 Å². The van der Waals surface area contributed by atoms with Gasteiger partial charge in [-0.15, -0.1) is 0 Å². The lowest BCUT2D eigenvalue weighted by Gasteiger charge is -2.09. The van der Waals surface area contributed by atoms with Crippen molar-refractivity contribution in [3.63, 3.8) is 0 Å². The van der Waals surface area contributed by atoms with Gasteiger partial charge < -0.3 is 10.1 Å². The smallest absolute Gasteiger partial charge is 0.131 e. The van der Waals surface area contributed by atoms with Crippen LogP contribution < -0.4 is 5.32 Å². The van der Waals surface area contributed by atoms with Crippen molar-refractivity contribution in [3.8, 4) is 0 Å². The molecule has 2 rings (SSSR count). The first kappa shape index (κ1) is 11.5. The van der Waals surface area contributed by atoms with Crippen LogP contribution in [0.25, 0.3) is 0 Å². The summed E-state index contributed by atoms with van der Waals surface area (Å²) >= 11 is 0. The second kappa shape index (κ2) is 5.37. The molecule has 1 aromatic rings. The third-order valence-corrected chi connectivity index (χ3v) is 2.79. The van der Waals surface area contributed by atoms with Gasteiger partial charge in [-0.05, 0) is 24.9 Å². The maximum atomic E-state index is 13.2. The number of hydrogen-bond donors (Lipinski definition) is 1. The Labute approximate surface area is 93.6 Å². The van der Waals surface area contributed by atoms with E-state index >= 15 is 0 Å². The summed E-state index contributed by atoms with van der Waals surface area (Å²) in [5.41, 5.74) is 0.410. The minimum absolute atomic E-state index is 0.211. The van der Waals surface area contributed by atoms with E-state index in [-0.39, 0.29) is 6.61 Å². The van der Waals surface area contributed by atoms with E-state index in [1.165, 1.54) is 12.1 Å². The zero-order valence-corrected chi connectivity index (χ0v) is 9.01. The Bertz CT molecular complexity index is 351. The Kier molecular flexibility index (Phi) is 3.85. The zero-order chi connectivity index (χ0) is 11.4. The summed E-state index contributed by atoms with van der Waals surface area (Å²) in [4.78, 5) is 0. The molecule has 16 heavy (non-hydrogen) atoms. The van der Waals surface area contributed by atoms with Crippen LogP contribution in [0, 0.1) is 17.6 Å². The first-order chi connectivity index (χ1) is 7.75. The molecule has 1 aliphatic rings. The van der Waals surface area contributed by atoms with E-state index in [1.807, 2.05) is 0 Å². The van der Waals surface area contributed by atoms with Gasteiger partial charge in [0.1, 0.15) is 11.6 Å². The molecule has 0 bridgehead atoms. The fraction of sp³-hybridized carbons (Fsp3) is 0.500. The van der Waals surface area contributed by atoms with Crippen LogP contribution in [-0.4, -0.2) is 19.7 Å². The summed E-state index contributed by atoms with van der Waals surface area (Å²) in [5.74, 6) is -0.575. The maximum Gasteiger partial charge on any atom is 0.131 e. The molecule has 0 radical (unpaired) electrons. The lowest BCUT2D eigenvalue weighted by Crippen LogP contribution is -2.14. The Balaban J connectivity index is 1.80. The summed E-state index contributed by atoms with van der Waals surface area (Å²) in [7, 11) is 0. The summed E-state index contributed by atoms with van der Waals surface area (Å²) in [6, 6.07) is 3.56. The summed E-state index contributed by atoms with van der Waals surface area (Å²) < 4.78 is 31.3. The van der Waals surface area contributed by atoms with E-state index in [2.05, 4.69) is 5.32 Å². The summed E-state index contributed by atoms with van der Waals surface area (Å²) in [5, 5.41) is 3.24. The molecule has 1 aromatic carbocycles. The molecule has 2 nitrogen and oxygen atoms in total. The van der Waals surface area contributed by atoms with Crippen LogP contribution in [0.3, 0.4) is 0 Å². The highest BCUT2D eigenvalue weighted by Crippen LogP contribution is 2.13. The second-order valence-electron chi connectivity index (χ2n) is 4.11. The quantitative estimate of drug-likeness (QED) is 0.850. The number of rotatable bonds is 4. The van der Waals surface area contributed by atoms with Gasteiger partial charge in [0.2, 0.25) is 0 Å². The maximum absolute atomic E-state index is 13.2. The predicted octanol–water partition coefficient (Wildman–Crippen LogP) is 2.09. The van der Waals surface area contributed by atoms with E-state index in [9.17, 15) is 8.78 Å². The topological polar surface area (TPSA) is 21.3 Å². The van der Waals surface area contributed by atoms with Gasteiger partial charge in [-0.2, -0.15) is 0 Å². The average molecular weight is 227 g/mol. The van der Waals surface area contributed by atoms with Crippen LogP contribution in [0.1, 0.15) is 12.0 Å². The average Bonchev–Trinajstić information content (AvgIpc) is 2.74. The normalized spacial score (nSPS) is 20.2. The standard InChI is InChI=1S/C12H15F2NO/c13-11-2-1-10(12(14)5-11)8-16-7-9-3-4-15-6-9/h1-2,5,9,15H,3-4,6-8H2/t9-/m1/s1. The van der Waals surface area contributed by atoms with E-state index in [0.717, 1.165) is 25.6 Å². The summed E-state index contributed by atoms with van der Waals surface area (Å²) in [6.07, 6.45) is 1.10. The van der Waals surface area contributed by atoms with E-state index < -0.39 is 11.6 Å². The van der Waals surface area contributed by atoms with Crippen LogP contribution in [0.15, 0.2) is 18.2 Å². The highest BCUT2D eigenvalue weighted by atomic mass is 19.1. The van der Waals surface area contributed by atoms with E-state index in [1.54, 1.807) is 0 Å². The molecule has 0 saturated carbocycles. The Morgan fingerprint density at radius 3 is 2.94 bits per heavy atom. The van der Waals surface area contributed by atoms with Gasteiger partial charge in [0.25, 0.3) is 0 Å². The number of hydrogen-bond acceptors (Lipinski definition) is 2. The molecule has 1 heterocycles. The monoisotopic (exact) mass is 227 g/mol. The van der Waals surface area contributed by atoms with Crippen LogP contribution in [0.2, 0.25) is 0 Å². The molecule has 0 aromatic heterocycles. The first-order valence-corrected chi connectivity index (χ1v) is 5.48. The zero-order valence-electron chi connectivity index (χ0n) is 9.01. The fourth-order valence-corrected chi connectivity index (χ4v) is 1.83. The van der Waals surface area contributed by atoms with Crippen LogP contribution in [0.5, 0.6) is 0 Å². The van der Waals surface area contributed by atoms with Crippen LogP contribution in [0.4, 0.5) is 8.78 Å². The van der Waals surface area contributed by atoms with Gasteiger partial charge >= 0.3 is 0 Å². The molecule has 1 N–H and O–H groups in total. The van der Waals surface area contributed by atoms with Crippen molar-refractivity contribution in [1.29, 1.82) is 0 Å². The van der Waals surface area contributed by atoms with Gasteiger partial charge in [0, 0.05) is 18.2 Å². The van der Waals surface area contributed by atoms with Crippen molar-refractivity contribution in [1.82, 2.24) is 5.32 Å². The molecule has 0 spiro atoms. The predicted molar refractivity (Wildman–Crippen MR) is 57.0 cm³/mol. The Morgan fingerprint density at radius 2 is 2.25 bits per heavy atom. The van der Waals surface area contributed by atoms with Gasteiger partial charge in [0.15, 0.2) is 0 Å². The number of benzene rings is 1. The van der Waals surface area contributed by atoms with E-state index in [4.69, 9.17) is 4.74 Å². The molecule has 0 amide bonds. The molecule has 88 valence electrons. The number of ether oxygens (including phenoxy) is 1. The van der Waals surface area contributed by atoms with Crippen LogP contribution in [-0.2, 0) is 11.3 Å². The van der Waals surface area contributed by atoms with Crippen LogP contribution >= 0.6 is 0 Å². The third kappa shape index (κ3) is 3.00. The minimum atomic E-state index is -0.554. The first-order valence-electron chi connectivity index (χ1n) is 5.48. The molecule has 0 aliphatic carbocycles. The summed E-state index contributed by atoms with van der Waals surface area (Å²) in [6.45, 7) is 2.83.